The summed E-state index contributed by atoms with van der Waals surface area (Å²) < 4.78 is 6.50. The van der Waals surface area contributed by atoms with E-state index < -0.39 is 0 Å². The van der Waals surface area contributed by atoms with Crippen molar-refractivity contribution in [3.05, 3.63) is 48.5 Å². The molecule has 0 amide bonds. The summed E-state index contributed by atoms with van der Waals surface area (Å²) in [6.45, 7) is 0. The maximum atomic E-state index is 10.0. The van der Waals surface area contributed by atoms with Crippen LogP contribution < -0.4 is 0 Å². The van der Waals surface area contributed by atoms with Crippen LogP contribution in [0.15, 0.2) is 63.2 Å². The molecule has 0 fully saturated rings. The standard InChI is InChI=1S/C15H9N3O2S/c19-13-9-5-1-3-7-11(9)20-14(13)17-18-15-16-10-6-2-4-8-12(10)21-15/h1-8,19H/b18-17+. The maximum absolute atomic E-state index is 10.0. The highest BCUT2D eigenvalue weighted by molar-refractivity contribution is 7.21. The Morgan fingerprint density at radius 1 is 1.00 bits per heavy atom. The number of aromatic nitrogens is 1. The first-order valence-electron chi connectivity index (χ1n) is 6.29. The zero-order valence-electron chi connectivity index (χ0n) is 10.7. The molecular weight excluding hydrogens is 286 g/mol. The van der Waals surface area contributed by atoms with Crippen LogP contribution in [-0.4, -0.2) is 10.1 Å². The van der Waals surface area contributed by atoms with Gasteiger partial charge >= 0.3 is 0 Å². The molecule has 0 bridgehead atoms. The summed E-state index contributed by atoms with van der Waals surface area (Å²) in [5, 5.41) is 19.2. The lowest BCUT2D eigenvalue weighted by atomic mass is 10.2. The van der Waals surface area contributed by atoms with E-state index in [9.17, 15) is 5.11 Å². The van der Waals surface area contributed by atoms with Crippen LogP contribution in [0.25, 0.3) is 21.2 Å². The van der Waals surface area contributed by atoms with Crippen molar-refractivity contribution in [2.24, 2.45) is 10.2 Å². The van der Waals surface area contributed by atoms with Gasteiger partial charge in [0.1, 0.15) is 5.58 Å². The van der Waals surface area contributed by atoms with Crippen molar-refractivity contribution in [3.8, 4) is 5.75 Å². The number of para-hydroxylation sites is 2. The fourth-order valence-electron chi connectivity index (χ4n) is 2.08. The Hall–Kier alpha value is -2.73. The van der Waals surface area contributed by atoms with Gasteiger partial charge in [0.2, 0.25) is 5.13 Å². The molecule has 0 saturated heterocycles. The third-order valence-electron chi connectivity index (χ3n) is 3.06. The van der Waals surface area contributed by atoms with Crippen molar-refractivity contribution in [1.82, 2.24) is 4.98 Å². The number of azo groups is 1. The predicted molar refractivity (Wildman–Crippen MR) is 81.7 cm³/mol. The van der Waals surface area contributed by atoms with Gasteiger partial charge in [-0.15, -0.1) is 10.2 Å². The minimum absolute atomic E-state index is 0.00420. The molecule has 2 aromatic heterocycles. The summed E-state index contributed by atoms with van der Waals surface area (Å²) in [7, 11) is 0. The zero-order valence-corrected chi connectivity index (χ0v) is 11.5. The van der Waals surface area contributed by atoms with Gasteiger partial charge in [-0.25, -0.2) is 4.98 Å². The van der Waals surface area contributed by atoms with E-state index in [2.05, 4.69) is 15.2 Å². The third kappa shape index (κ3) is 2.05. The molecule has 2 aromatic carbocycles. The molecule has 1 N–H and O–H groups in total. The van der Waals surface area contributed by atoms with Crippen LogP contribution in [0.5, 0.6) is 5.75 Å². The van der Waals surface area contributed by atoms with Gasteiger partial charge in [-0.05, 0) is 24.3 Å². The van der Waals surface area contributed by atoms with E-state index in [0.717, 1.165) is 10.2 Å². The van der Waals surface area contributed by atoms with E-state index in [4.69, 9.17) is 4.42 Å². The van der Waals surface area contributed by atoms with Crippen molar-refractivity contribution < 1.29 is 9.52 Å². The Morgan fingerprint density at radius 3 is 2.67 bits per heavy atom. The maximum Gasteiger partial charge on any atom is 0.282 e. The van der Waals surface area contributed by atoms with Crippen molar-refractivity contribution >= 4 is 43.5 Å². The highest BCUT2D eigenvalue weighted by atomic mass is 32.1. The van der Waals surface area contributed by atoms with Crippen LogP contribution in [0.1, 0.15) is 0 Å². The average Bonchev–Trinajstić information content (AvgIpc) is 3.07. The predicted octanol–water partition coefficient (Wildman–Crippen LogP) is 5.16. The van der Waals surface area contributed by atoms with E-state index in [-0.39, 0.29) is 11.6 Å². The average molecular weight is 295 g/mol. The zero-order chi connectivity index (χ0) is 14.2. The molecule has 5 nitrogen and oxygen atoms in total. The van der Waals surface area contributed by atoms with Gasteiger partial charge in [0.15, 0.2) is 5.75 Å². The number of benzene rings is 2. The first-order valence-corrected chi connectivity index (χ1v) is 7.11. The minimum Gasteiger partial charge on any atom is -0.503 e. The van der Waals surface area contributed by atoms with Gasteiger partial charge in [0, 0.05) is 0 Å². The van der Waals surface area contributed by atoms with Crippen LogP contribution >= 0.6 is 11.3 Å². The number of rotatable bonds is 2. The Balaban J connectivity index is 1.74. The summed E-state index contributed by atoms with van der Waals surface area (Å²) >= 11 is 1.43. The van der Waals surface area contributed by atoms with Crippen LogP contribution in [-0.2, 0) is 0 Å². The third-order valence-corrected chi connectivity index (χ3v) is 3.98. The molecule has 2 heterocycles. The second-order valence-electron chi connectivity index (χ2n) is 4.42. The highest BCUT2D eigenvalue weighted by Gasteiger charge is 2.12. The molecule has 0 aliphatic rings. The molecule has 4 aromatic rings. The summed E-state index contributed by atoms with van der Waals surface area (Å²) in [6.07, 6.45) is 0. The fraction of sp³-hybridized carbons (Fsp3) is 0. The first-order chi connectivity index (χ1) is 10.3. The topological polar surface area (TPSA) is 71.0 Å². The largest absolute Gasteiger partial charge is 0.503 e. The summed E-state index contributed by atoms with van der Waals surface area (Å²) in [6, 6.07) is 15.0. The number of aromatic hydroxyl groups is 1. The van der Waals surface area contributed by atoms with Crippen LogP contribution in [0, 0.1) is 0 Å². The van der Waals surface area contributed by atoms with E-state index >= 15 is 0 Å². The minimum atomic E-state index is -0.00420. The number of furan rings is 1. The molecule has 0 spiro atoms. The second-order valence-corrected chi connectivity index (χ2v) is 5.43. The lowest BCUT2D eigenvalue weighted by molar-refractivity contribution is 0.468. The monoisotopic (exact) mass is 295 g/mol. The normalized spacial score (nSPS) is 11.8. The smallest absolute Gasteiger partial charge is 0.282 e. The molecule has 4 rings (SSSR count). The van der Waals surface area contributed by atoms with Gasteiger partial charge in [-0.1, -0.05) is 35.6 Å². The first kappa shape index (κ1) is 12.0. The molecule has 0 atom stereocenters. The summed E-state index contributed by atoms with van der Waals surface area (Å²) in [5.74, 6) is 0.0888. The molecule has 0 aliphatic heterocycles. The summed E-state index contributed by atoms with van der Waals surface area (Å²) in [5.41, 5.74) is 1.46. The molecule has 0 unspecified atom stereocenters. The van der Waals surface area contributed by atoms with E-state index in [1.54, 1.807) is 12.1 Å². The van der Waals surface area contributed by atoms with Gasteiger partial charge in [-0.3, -0.25) is 0 Å². The number of thiazole rings is 1. The number of hydrogen-bond acceptors (Lipinski definition) is 6. The van der Waals surface area contributed by atoms with Crippen molar-refractivity contribution in [3.63, 3.8) is 0 Å². The van der Waals surface area contributed by atoms with Crippen molar-refractivity contribution in [1.29, 1.82) is 0 Å². The lowest BCUT2D eigenvalue weighted by Gasteiger charge is -1.85. The van der Waals surface area contributed by atoms with Crippen molar-refractivity contribution in [2.75, 3.05) is 0 Å². The molecule has 0 saturated carbocycles. The number of nitrogens with zero attached hydrogens (tertiary/aromatic N) is 3. The SMILES string of the molecule is Oc1c(/N=N/c2nc3ccccc3s2)oc2ccccc12. The lowest BCUT2D eigenvalue weighted by Crippen LogP contribution is -1.63. The number of fused-ring (bicyclic) bond motifs is 2. The number of hydrogen-bond donors (Lipinski definition) is 1. The Kier molecular flexibility index (Phi) is 2.68. The van der Waals surface area contributed by atoms with Crippen LogP contribution in [0.3, 0.4) is 0 Å². The van der Waals surface area contributed by atoms with Crippen molar-refractivity contribution in [2.45, 2.75) is 0 Å². The van der Waals surface area contributed by atoms with E-state index in [1.165, 1.54) is 11.3 Å². The van der Waals surface area contributed by atoms with Crippen LogP contribution in [0.2, 0.25) is 0 Å². The summed E-state index contributed by atoms with van der Waals surface area (Å²) in [4.78, 5) is 4.35. The highest BCUT2D eigenvalue weighted by Crippen LogP contribution is 2.39. The molecule has 21 heavy (non-hydrogen) atoms. The second kappa shape index (κ2) is 4.68. The van der Waals surface area contributed by atoms with Gasteiger partial charge in [-0.2, -0.15) is 0 Å². The molecule has 0 aliphatic carbocycles. The molecular formula is C15H9N3O2S. The van der Waals surface area contributed by atoms with E-state index in [0.29, 0.717) is 16.1 Å². The fourth-order valence-corrected chi connectivity index (χ4v) is 2.86. The molecule has 0 radical (unpaired) electrons. The van der Waals surface area contributed by atoms with Gasteiger partial charge in [0.05, 0.1) is 15.6 Å². The quantitative estimate of drug-likeness (QED) is 0.519. The Labute approximate surface area is 123 Å². The van der Waals surface area contributed by atoms with Gasteiger partial charge < -0.3 is 9.52 Å². The Bertz CT molecular complexity index is 938. The Morgan fingerprint density at radius 2 is 1.81 bits per heavy atom. The van der Waals surface area contributed by atoms with Crippen LogP contribution in [0.4, 0.5) is 11.0 Å². The van der Waals surface area contributed by atoms with Gasteiger partial charge in [0.25, 0.3) is 5.88 Å². The van der Waals surface area contributed by atoms with E-state index in [1.807, 2.05) is 36.4 Å². The molecule has 102 valence electrons. The molecule has 6 heteroatoms.